The monoisotopic (exact) mass is 231 g/mol. The summed E-state index contributed by atoms with van der Waals surface area (Å²) in [7, 11) is 0. The van der Waals surface area contributed by atoms with Crippen LogP contribution in [0.3, 0.4) is 0 Å². The molecule has 1 aromatic rings. The summed E-state index contributed by atoms with van der Waals surface area (Å²) < 4.78 is 5.25. The lowest BCUT2D eigenvalue weighted by Gasteiger charge is -2.04. The van der Waals surface area contributed by atoms with E-state index in [9.17, 15) is 4.79 Å². The number of carboxylic acid groups (broad SMARTS) is 1. The Labute approximate surface area is 100 Å². The van der Waals surface area contributed by atoms with Crippen LogP contribution in [0, 0.1) is 24.0 Å². The van der Waals surface area contributed by atoms with Crippen molar-refractivity contribution < 1.29 is 14.6 Å². The molecule has 0 aliphatic carbocycles. The van der Waals surface area contributed by atoms with Crippen LogP contribution in [0.1, 0.15) is 12.5 Å². The molecule has 0 spiro atoms. The molecule has 3 N–H and O–H groups in total. The Bertz CT molecular complexity index is 428. The van der Waals surface area contributed by atoms with Gasteiger partial charge in [-0.25, -0.2) is 0 Å². The van der Waals surface area contributed by atoms with Crippen molar-refractivity contribution in [1.29, 1.82) is 0 Å². The van der Waals surface area contributed by atoms with Crippen LogP contribution in [0.2, 0.25) is 0 Å². The zero-order valence-corrected chi connectivity index (χ0v) is 9.49. The summed E-state index contributed by atoms with van der Waals surface area (Å²) in [5, 5.41) is 8.65. The zero-order chi connectivity index (χ0) is 12.7. The Morgan fingerprint density at radius 1 is 1.59 bits per heavy atom. The normalized spacial score (nSPS) is 10.7. The molecule has 17 heavy (non-hydrogen) atoms. The second-order valence-corrected chi connectivity index (χ2v) is 3.34. The van der Waals surface area contributed by atoms with Gasteiger partial charge < -0.3 is 15.6 Å². The fourth-order valence-electron chi connectivity index (χ4n) is 1.11. The summed E-state index contributed by atoms with van der Waals surface area (Å²) in [4.78, 5) is 10.6. The van der Waals surface area contributed by atoms with Gasteiger partial charge in [0.2, 0.25) is 0 Å². The second-order valence-electron chi connectivity index (χ2n) is 3.34. The molecule has 4 nitrogen and oxygen atoms in total. The van der Waals surface area contributed by atoms with Gasteiger partial charge in [-0.3, -0.25) is 4.79 Å². The van der Waals surface area contributed by atoms with Gasteiger partial charge in [0.1, 0.15) is 12.6 Å². The van der Waals surface area contributed by atoms with Gasteiger partial charge in [0.25, 0.3) is 0 Å². The van der Waals surface area contributed by atoms with Crippen LogP contribution in [0.5, 0.6) is 5.75 Å². The van der Waals surface area contributed by atoms with Crippen molar-refractivity contribution in [3.63, 3.8) is 0 Å². The van der Waals surface area contributed by atoms with Gasteiger partial charge in [0, 0.05) is 12.0 Å². The fraction of sp³-hybridized carbons (Fsp3) is 0.308. The number of ether oxygens (including phenoxy) is 1. The Morgan fingerprint density at radius 2 is 2.35 bits per heavy atom. The molecule has 0 bridgehead atoms. The van der Waals surface area contributed by atoms with E-state index in [1.165, 1.54) is 0 Å². The number of hydrogen-bond acceptors (Lipinski definition) is 3. The van der Waals surface area contributed by atoms with E-state index in [4.69, 9.17) is 15.6 Å². The van der Waals surface area contributed by atoms with E-state index in [1.54, 1.807) is 19.1 Å². The van der Waals surface area contributed by atoms with Gasteiger partial charge in [-0.15, -0.1) is 5.92 Å². The van der Waals surface area contributed by atoms with Gasteiger partial charge in [-0.05, 0) is 25.1 Å². The third-order valence-corrected chi connectivity index (χ3v) is 2.02. The predicted molar refractivity (Wildman–Crippen MR) is 62.4 cm³/mol. The zero-order valence-electron chi connectivity index (χ0n) is 9.49. The first-order valence-electron chi connectivity index (χ1n) is 5.07. The number of carboxylic acids is 1. The highest BCUT2D eigenvalue weighted by molar-refractivity contribution is 5.73. The molecule has 1 rings (SSSR count). The average Bonchev–Trinajstić information content (AvgIpc) is 2.31. The maximum Gasteiger partial charge on any atom is 0.320 e. The van der Waals surface area contributed by atoms with E-state index in [0.29, 0.717) is 17.9 Å². The van der Waals surface area contributed by atoms with E-state index in [0.717, 1.165) is 0 Å². The van der Waals surface area contributed by atoms with Crippen LogP contribution in [-0.2, 0) is 11.2 Å². The minimum absolute atomic E-state index is 0.223. The lowest BCUT2D eigenvalue weighted by atomic mass is 10.1. The molecular formula is C13H13NO3. The first-order chi connectivity index (χ1) is 8.13. The Morgan fingerprint density at radius 3 is 2.88 bits per heavy atom. The summed E-state index contributed by atoms with van der Waals surface area (Å²) in [5.41, 5.74) is 6.09. The van der Waals surface area contributed by atoms with Crippen LogP contribution >= 0.6 is 0 Å². The first kappa shape index (κ1) is 12.9. The van der Waals surface area contributed by atoms with Crippen molar-refractivity contribution in [3.05, 3.63) is 29.8 Å². The molecule has 88 valence electrons. The van der Waals surface area contributed by atoms with Crippen LogP contribution in [-0.4, -0.2) is 23.7 Å². The van der Waals surface area contributed by atoms with Crippen molar-refractivity contribution in [2.45, 2.75) is 19.4 Å². The Kier molecular flexibility index (Phi) is 4.87. The van der Waals surface area contributed by atoms with E-state index in [-0.39, 0.29) is 6.42 Å². The highest BCUT2D eigenvalue weighted by Gasteiger charge is 2.11. The van der Waals surface area contributed by atoms with Crippen molar-refractivity contribution >= 4 is 5.97 Å². The second kappa shape index (κ2) is 6.42. The SMILES string of the molecule is CC#CCOc1c#cc(C[C@H](N)C(=O)O)cc1. The number of carbonyl (C=O) groups is 1. The third kappa shape index (κ3) is 4.46. The quantitative estimate of drug-likeness (QED) is 0.729. The van der Waals surface area contributed by atoms with Crippen LogP contribution in [0.25, 0.3) is 0 Å². The summed E-state index contributed by atoms with van der Waals surface area (Å²) in [6.07, 6.45) is 0.223. The van der Waals surface area contributed by atoms with Crippen LogP contribution in [0.4, 0.5) is 0 Å². The van der Waals surface area contributed by atoms with Crippen molar-refractivity contribution in [2.24, 2.45) is 5.73 Å². The minimum atomic E-state index is -1.03. The maximum atomic E-state index is 10.6. The Hall–Kier alpha value is -2.17. The molecular weight excluding hydrogens is 218 g/mol. The van der Waals surface area contributed by atoms with Gasteiger partial charge in [0.05, 0.1) is 0 Å². The molecule has 0 saturated carbocycles. The number of rotatable bonds is 5. The van der Waals surface area contributed by atoms with Gasteiger partial charge in [-0.2, -0.15) is 0 Å². The topological polar surface area (TPSA) is 72.5 Å². The molecule has 0 aromatic heterocycles. The molecule has 0 aliphatic rings. The summed E-state index contributed by atoms with van der Waals surface area (Å²) in [5.74, 6) is 4.96. The van der Waals surface area contributed by atoms with E-state index >= 15 is 0 Å². The molecule has 0 radical (unpaired) electrons. The Balaban J connectivity index is 2.54. The van der Waals surface area contributed by atoms with Crippen molar-refractivity contribution in [2.75, 3.05) is 6.61 Å². The summed E-state index contributed by atoms with van der Waals surface area (Å²) >= 11 is 0. The lowest BCUT2D eigenvalue weighted by molar-refractivity contribution is -0.138. The molecule has 1 atom stereocenters. The van der Waals surface area contributed by atoms with Crippen LogP contribution in [0.15, 0.2) is 12.1 Å². The largest absolute Gasteiger partial charge is 0.480 e. The van der Waals surface area contributed by atoms with Gasteiger partial charge >= 0.3 is 5.97 Å². The highest BCUT2D eigenvalue weighted by Crippen LogP contribution is 2.07. The standard InChI is InChI=1S/C13H13NO3/c1-2-3-8-17-11-6-4-10(5-7-11)9-12(14)13(15)16/h4,6,12H,8-9,14H2,1H3,(H,15,16)/t12-/m0/s1. The summed E-state index contributed by atoms with van der Waals surface area (Å²) in [6, 6.07) is 8.07. The van der Waals surface area contributed by atoms with E-state index in [1.807, 2.05) is 0 Å². The minimum Gasteiger partial charge on any atom is -0.480 e. The molecule has 0 saturated heterocycles. The molecule has 1 aromatic carbocycles. The van der Waals surface area contributed by atoms with Crippen molar-refractivity contribution in [3.8, 4) is 17.6 Å². The molecule has 0 fully saturated rings. The average molecular weight is 231 g/mol. The number of aliphatic carboxylic acids is 1. The van der Waals surface area contributed by atoms with Crippen LogP contribution < -0.4 is 10.5 Å². The van der Waals surface area contributed by atoms with E-state index < -0.39 is 12.0 Å². The van der Waals surface area contributed by atoms with Gasteiger partial charge in [0.15, 0.2) is 5.75 Å². The highest BCUT2D eigenvalue weighted by atomic mass is 16.5. The third-order valence-electron chi connectivity index (χ3n) is 2.02. The van der Waals surface area contributed by atoms with Gasteiger partial charge in [-0.1, -0.05) is 12.0 Å². The molecule has 0 unspecified atom stereocenters. The number of hydrogen-bond donors (Lipinski definition) is 2. The smallest absolute Gasteiger partial charge is 0.320 e. The fourth-order valence-corrected chi connectivity index (χ4v) is 1.11. The molecule has 0 heterocycles. The lowest BCUT2D eigenvalue weighted by Crippen LogP contribution is -2.32. The van der Waals surface area contributed by atoms with E-state index in [2.05, 4.69) is 24.0 Å². The first-order valence-corrected chi connectivity index (χ1v) is 5.07. The molecule has 4 heteroatoms. The molecule has 0 aliphatic heterocycles. The maximum absolute atomic E-state index is 10.6. The molecule has 0 amide bonds. The predicted octanol–water partition coefficient (Wildman–Crippen LogP) is 0.643. The summed E-state index contributed by atoms with van der Waals surface area (Å²) in [6.45, 7) is 2.03. The number of nitrogens with two attached hydrogens (primary N) is 1. The van der Waals surface area contributed by atoms with Crippen molar-refractivity contribution in [1.82, 2.24) is 0 Å².